The van der Waals surface area contributed by atoms with Gasteiger partial charge in [-0.2, -0.15) is 0 Å². The number of urea groups is 1. The molecule has 2 rings (SSSR count). The molecule has 1 aliphatic carbocycles. The monoisotopic (exact) mass is 405 g/mol. The molecule has 4 amide bonds. The molecule has 1 aromatic carbocycles. The number of amides is 4. The van der Waals surface area contributed by atoms with Crippen LogP contribution in [-0.4, -0.2) is 50.1 Å². The number of carbonyl (C=O) groups is 4. The Labute approximate surface area is 169 Å². The van der Waals surface area contributed by atoms with Gasteiger partial charge in [0.2, 0.25) is 0 Å². The van der Waals surface area contributed by atoms with E-state index in [4.69, 9.17) is 9.47 Å². The van der Waals surface area contributed by atoms with Gasteiger partial charge >= 0.3 is 12.0 Å². The summed E-state index contributed by atoms with van der Waals surface area (Å²) in [5.74, 6) is -1.14. The number of hydrogen-bond donors (Lipinski definition) is 3. The van der Waals surface area contributed by atoms with E-state index >= 15 is 0 Å². The van der Waals surface area contributed by atoms with E-state index in [1.807, 2.05) is 0 Å². The Kier molecular flexibility index (Phi) is 8.45. The number of nitrogens with one attached hydrogen (secondary N) is 3. The zero-order chi connectivity index (χ0) is 21.2. The Morgan fingerprint density at radius 3 is 2.62 bits per heavy atom. The third-order valence-corrected chi connectivity index (χ3v) is 4.77. The largest absolute Gasteiger partial charge is 0.497 e. The summed E-state index contributed by atoms with van der Waals surface area (Å²) in [6.07, 6.45) is 4.11. The van der Waals surface area contributed by atoms with Crippen molar-refractivity contribution in [3.8, 4) is 5.75 Å². The number of imide groups is 1. The predicted octanol–water partition coefficient (Wildman–Crippen LogP) is 1.37. The molecule has 9 nitrogen and oxygen atoms in total. The smallest absolute Gasteiger partial charge is 0.325 e. The molecular weight excluding hydrogens is 378 g/mol. The van der Waals surface area contributed by atoms with Crippen molar-refractivity contribution >= 4 is 23.8 Å². The highest BCUT2D eigenvalue weighted by Gasteiger charge is 2.23. The molecule has 0 aliphatic heterocycles. The number of carbonyl (C=O) groups excluding carboxylic acids is 4. The first-order valence-electron chi connectivity index (χ1n) is 9.57. The topological polar surface area (TPSA) is 123 Å². The van der Waals surface area contributed by atoms with E-state index in [9.17, 15) is 19.2 Å². The standard InChI is InChI=1S/C20H27N3O6/c1-13-6-3-4-9-16(13)22-20(27)23-17(24)12-29-18(25)11-21-19(26)14-7-5-8-15(10-14)28-2/h5,7-8,10,13,16H,3-4,6,9,11-12H2,1-2H3,(H,21,26)(H2,22,23,24,27)/t13-,16-/m0/s1. The predicted molar refractivity (Wildman–Crippen MR) is 104 cm³/mol. The number of hydrogen-bond acceptors (Lipinski definition) is 6. The van der Waals surface area contributed by atoms with Crippen LogP contribution in [0.1, 0.15) is 43.0 Å². The Morgan fingerprint density at radius 2 is 1.90 bits per heavy atom. The van der Waals surface area contributed by atoms with Crippen LogP contribution in [0, 0.1) is 5.92 Å². The molecule has 0 unspecified atom stereocenters. The van der Waals surface area contributed by atoms with Crippen LogP contribution in [0.25, 0.3) is 0 Å². The molecule has 1 aromatic rings. The Morgan fingerprint density at radius 1 is 1.14 bits per heavy atom. The molecule has 0 saturated heterocycles. The second kappa shape index (κ2) is 11.0. The highest BCUT2D eigenvalue weighted by atomic mass is 16.5. The third-order valence-electron chi connectivity index (χ3n) is 4.77. The molecule has 1 aliphatic rings. The minimum Gasteiger partial charge on any atom is -0.497 e. The molecule has 29 heavy (non-hydrogen) atoms. The summed E-state index contributed by atoms with van der Waals surface area (Å²) in [5, 5.41) is 7.31. The fourth-order valence-corrected chi connectivity index (χ4v) is 3.11. The second-order valence-electron chi connectivity index (χ2n) is 6.97. The van der Waals surface area contributed by atoms with Crippen molar-refractivity contribution in [1.82, 2.24) is 16.0 Å². The van der Waals surface area contributed by atoms with Crippen LogP contribution in [0.4, 0.5) is 4.79 Å². The summed E-state index contributed by atoms with van der Waals surface area (Å²) in [6.45, 7) is 1.05. The van der Waals surface area contributed by atoms with Crippen LogP contribution in [0.15, 0.2) is 24.3 Å². The average molecular weight is 405 g/mol. The van der Waals surface area contributed by atoms with E-state index in [0.717, 1.165) is 25.7 Å². The normalized spacial score (nSPS) is 18.3. The molecule has 0 radical (unpaired) electrons. The van der Waals surface area contributed by atoms with Crippen LogP contribution >= 0.6 is 0 Å². The van der Waals surface area contributed by atoms with E-state index < -0.39 is 37.0 Å². The summed E-state index contributed by atoms with van der Waals surface area (Å²) in [7, 11) is 1.48. The molecule has 0 spiro atoms. The van der Waals surface area contributed by atoms with Gasteiger partial charge in [0.25, 0.3) is 11.8 Å². The van der Waals surface area contributed by atoms with Crippen LogP contribution in [-0.2, 0) is 14.3 Å². The Hall–Kier alpha value is -3.10. The van der Waals surface area contributed by atoms with Crippen LogP contribution in [0.2, 0.25) is 0 Å². The van der Waals surface area contributed by atoms with Crippen molar-refractivity contribution in [3.63, 3.8) is 0 Å². The minimum absolute atomic E-state index is 0.0333. The summed E-state index contributed by atoms with van der Waals surface area (Å²) in [5.41, 5.74) is 0.323. The van der Waals surface area contributed by atoms with Gasteiger partial charge in [-0.05, 0) is 37.0 Å². The van der Waals surface area contributed by atoms with Crippen LogP contribution < -0.4 is 20.7 Å². The van der Waals surface area contributed by atoms with Crippen molar-refractivity contribution in [3.05, 3.63) is 29.8 Å². The Balaban J connectivity index is 1.66. The molecule has 1 fully saturated rings. The lowest BCUT2D eigenvalue weighted by Gasteiger charge is -2.29. The first-order chi connectivity index (χ1) is 13.9. The number of benzene rings is 1. The maximum Gasteiger partial charge on any atom is 0.325 e. The third kappa shape index (κ3) is 7.44. The molecule has 1 saturated carbocycles. The fraction of sp³-hybridized carbons (Fsp3) is 0.500. The highest BCUT2D eigenvalue weighted by Crippen LogP contribution is 2.23. The van der Waals surface area contributed by atoms with E-state index in [0.29, 0.717) is 17.2 Å². The first-order valence-corrected chi connectivity index (χ1v) is 9.57. The lowest BCUT2D eigenvalue weighted by atomic mass is 9.86. The van der Waals surface area contributed by atoms with E-state index in [1.54, 1.807) is 18.2 Å². The van der Waals surface area contributed by atoms with Crippen molar-refractivity contribution in [2.45, 2.75) is 38.6 Å². The maximum absolute atomic E-state index is 12.0. The number of rotatable bonds is 7. The molecule has 0 aromatic heterocycles. The lowest BCUT2D eigenvalue weighted by molar-refractivity contribution is -0.147. The SMILES string of the molecule is COc1cccc(C(=O)NCC(=O)OCC(=O)NC(=O)N[C@H]2CCCC[C@@H]2C)c1. The molecule has 9 heteroatoms. The molecule has 3 N–H and O–H groups in total. The van der Waals surface area contributed by atoms with Crippen LogP contribution in [0.5, 0.6) is 5.75 Å². The zero-order valence-corrected chi connectivity index (χ0v) is 16.7. The van der Waals surface area contributed by atoms with Gasteiger partial charge in [-0.25, -0.2) is 4.79 Å². The molecule has 0 heterocycles. The molecular formula is C20H27N3O6. The van der Waals surface area contributed by atoms with Gasteiger partial charge in [-0.1, -0.05) is 25.8 Å². The van der Waals surface area contributed by atoms with Gasteiger partial charge in [0.05, 0.1) is 7.11 Å². The van der Waals surface area contributed by atoms with E-state index in [-0.39, 0.29) is 6.04 Å². The second-order valence-corrected chi connectivity index (χ2v) is 6.97. The molecule has 158 valence electrons. The number of methoxy groups -OCH3 is 1. The minimum atomic E-state index is -0.794. The van der Waals surface area contributed by atoms with Crippen molar-refractivity contribution in [1.29, 1.82) is 0 Å². The summed E-state index contributed by atoms with van der Waals surface area (Å²) < 4.78 is 9.81. The van der Waals surface area contributed by atoms with Gasteiger partial charge in [0.1, 0.15) is 12.3 Å². The summed E-state index contributed by atoms with van der Waals surface area (Å²) >= 11 is 0. The van der Waals surface area contributed by atoms with E-state index in [2.05, 4.69) is 22.9 Å². The maximum atomic E-state index is 12.0. The van der Waals surface area contributed by atoms with Crippen molar-refractivity contribution in [2.24, 2.45) is 5.92 Å². The number of ether oxygens (including phenoxy) is 2. The van der Waals surface area contributed by atoms with Crippen LogP contribution in [0.3, 0.4) is 0 Å². The summed E-state index contributed by atoms with van der Waals surface area (Å²) in [4.78, 5) is 47.4. The quantitative estimate of drug-likeness (QED) is 0.589. The zero-order valence-electron chi connectivity index (χ0n) is 16.7. The first kappa shape index (κ1) is 22.2. The highest BCUT2D eigenvalue weighted by molar-refractivity contribution is 5.97. The van der Waals surface area contributed by atoms with E-state index in [1.165, 1.54) is 13.2 Å². The number of esters is 1. The lowest BCUT2D eigenvalue weighted by Crippen LogP contribution is -2.48. The van der Waals surface area contributed by atoms with Crippen molar-refractivity contribution in [2.75, 3.05) is 20.3 Å². The van der Waals surface area contributed by atoms with Gasteiger partial charge in [0.15, 0.2) is 6.61 Å². The molecule has 0 bridgehead atoms. The Bertz CT molecular complexity index is 751. The average Bonchev–Trinajstić information content (AvgIpc) is 2.72. The summed E-state index contributed by atoms with van der Waals surface area (Å²) in [6, 6.07) is 5.87. The van der Waals surface area contributed by atoms with Gasteiger partial charge < -0.3 is 20.1 Å². The van der Waals surface area contributed by atoms with Gasteiger partial charge in [-0.15, -0.1) is 0 Å². The molecule has 2 atom stereocenters. The van der Waals surface area contributed by atoms with Crippen molar-refractivity contribution < 1.29 is 28.7 Å². The van der Waals surface area contributed by atoms with Gasteiger partial charge in [-0.3, -0.25) is 19.7 Å². The van der Waals surface area contributed by atoms with Gasteiger partial charge in [0, 0.05) is 11.6 Å². The fourth-order valence-electron chi connectivity index (χ4n) is 3.11.